The lowest BCUT2D eigenvalue weighted by molar-refractivity contribution is -0.139. The molecule has 0 radical (unpaired) electrons. The Bertz CT molecular complexity index is 1810. The smallest absolute Gasteiger partial charge is 0.338 e. The number of ether oxygens (including phenoxy) is 2. The van der Waals surface area contributed by atoms with Gasteiger partial charge in [0.15, 0.2) is 10.7 Å². The number of carbonyl (C=O) groups excluding carboxylic acids is 1. The Labute approximate surface area is 235 Å². The van der Waals surface area contributed by atoms with Crippen LogP contribution in [-0.4, -0.2) is 37.3 Å². The summed E-state index contributed by atoms with van der Waals surface area (Å²) in [6.07, 6.45) is 5.29. The highest BCUT2D eigenvalue weighted by atomic mass is 32.1. The zero-order chi connectivity index (χ0) is 27.8. The summed E-state index contributed by atoms with van der Waals surface area (Å²) in [5.41, 5.74) is 1.29. The van der Waals surface area contributed by atoms with Gasteiger partial charge in [0.1, 0.15) is 17.6 Å². The lowest BCUT2D eigenvalue weighted by atomic mass is 9.90. The number of anilines is 1. The van der Waals surface area contributed by atoms with Gasteiger partial charge in [0, 0.05) is 30.8 Å². The van der Waals surface area contributed by atoms with E-state index in [2.05, 4.69) is 4.90 Å². The summed E-state index contributed by atoms with van der Waals surface area (Å²) in [6, 6.07) is 14.8. The van der Waals surface area contributed by atoms with E-state index in [1.165, 1.54) is 17.8 Å². The van der Waals surface area contributed by atoms with Crippen LogP contribution in [0.5, 0.6) is 5.75 Å². The van der Waals surface area contributed by atoms with Crippen LogP contribution in [-0.2, 0) is 9.53 Å². The summed E-state index contributed by atoms with van der Waals surface area (Å²) in [6.45, 7) is 5.69. The lowest BCUT2D eigenvalue weighted by Gasteiger charge is -2.27. The fraction of sp³-hybridized carbons (Fsp3) is 0.323. The summed E-state index contributed by atoms with van der Waals surface area (Å²) in [5.74, 6) is 1.49. The van der Waals surface area contributed by atoms with Crippen LogP contribution in [0, 0.1) is 0 Å². The summed E-state index contributed by atoms with van der Waals surface area (Å²) in [7, 11) is 1.59. The van der Waals surface area contributed by atoms with Crippen LogP contribution >= 0.6 is 11.3 Å². The molecule has 9 heteroatoms. The number of thiazole rings is 1. The molecular weight excluding hydrogens is 526 g/mol. The van der Waals surface area contributed by atoms with E-state index >= 15 is 0 Å². The number of hydrogen-bond donors (Lipinski definition) is 0. The Morgan fingerprint density at radius 2 is 1.93 bits per heavy atom. The Balaban J connectivity index is 1.55. The molecule has 6 rings (SSSR count). The average molecular weight is 558 g/mol. The number of benzene rings is 2. The zero-order valence-corrected chi connectivity index (χ0v) is 23.6. The molecule has 2 aliphatic rings. The maximum atomic E-state index is 14.1. The van der Waals surface area contributed by atoms with Crippen molar-refractivity contribution in [2.24, 2.45) is 4.99 Å². The highest BCUT2D eigenvalue weighted by Crippen LogP contribution is 2.40. The van der Waals surface area contributed by atoms with Crippen LogP contribution in [0.2, 0.25) is 0 Å². The number of nitrogens with zero attached hydrogens (tertiary/aromatic N) is 3. The van der Waals surface area contributed by atoms with Crippen LogP contribution in [0.3, 0.4) is 0 Å². The van der Waals surface area contributed by atoms with E-state index in [9.17, 15) is 9.59 Å². The van der Waals surface area contributed by atoms with Crippen molar-refractivity contribution in [2.75, 3.05) is 31.7 Å². The van der Waals surface area contributed by atoms with E-state index in [-0.39, 0.29) is 12.2 Å². The predicted octanol–water partition coefficient (Wildman–Crippen LogP) is 4.54. The molecule has 8 nitrogen and oxygen atoms in total. The lowest BCUT2D eigenvalue weighted by Crippen LogP contribution is -2.40. The second kappa shape index (κ2) is 10.8. The molecule has 2 aromatic heterocycles. The van der Waals surface area contributed by atoms with Gasteiger partial charge in [-0.25, -0.2) is 9.79 Å². The molecule has 4 aromatic rings. The van der Waals surface area contributed by atoms with Gasteiger partial charge >= 0.3 is 5.97 Å². The van der Waals surface area contributed by atoms with Crippen LogP contribution in [0.4, 0.5) is 5.88 Å². The van der Waals surface area contributed by atoms with Gasteiger partial charge in [-0.1, -0.05) is 41.7 Å². The highest BCUT2D eigenvalue weighted by molar-refractivity contribution is 7.07. The SMILES string of the molecule is CCOC(=O)C1=C(C)N=c2s/c(=C/c3ccc(N4CCCCC4)o3)c(=O)n2[C@@H]1c1c(OC)ccc2ccccc12. The quantitative estimate of drug-likeness (QED) is 0.324. The fourth-order valence-electron chi connectivity index (χ4n) is 5.63. The molecule has 1 fully saturated rings. The molecule has 0 aliphatic carbocycles. The maximum Gasteiger partial charge on any atom is 0.338 e. The molecule has 1 atom stereocenters. The summed E-state index contributed by atoms with van der Waals surface area (Å²) in [5, 5.41) is 1.86. The number of piperidine rings is 1. The normalized spacial score (nSPS) is 17.6. The average Bonchev–Trinajstić information content (AvgIpc) is 3.56. The van der Waals surface area contributed by atoms with Gasteiger partial charge in [-0.15, -0.1) is 0 Å². The molecule has 0 saturated carbocycles. The van der Waals surface area contributed by atoms with Crippen LogP contribution in [0.15, 0.2) is 74.0 Å². The minimum absolute atomic E-state index is 0.206. The van der Waals surface area contributed by atoms with Crippen molar-refractivity contribution in [3.8, 4) is 5.75 Å². The van der Waals surface area contributed by atoms with Crippen molar-refractivity contribution in [2.45, 2.75) is 39.2 Å². The van der Waals surface area contributed by atoms with Gasteiger partial charge in [0.25, 0.3) is 5.56 Å². The first kappa shape index (κ1) is 26.1. The standard InChI is InChI=1S/C31H31N3O5S/c1-4-38-30(36)26-19(2)32-31-34(28(26)27-22-11-7-6-10-20(22)12-14-23(27)37-3)29(35)24(40-31)18-21-13-15-25(39-21)33-16-8-5-9-17-33/h6-7,10-15,18,28H,4-5,8-9,16-17H2,1-3H3/b24-18+/t28-/m0/s1. The Morgan fingerprint density at radius 3 is 2.70 bits per heavy atom. The molecule has 2 aliphatic heterocycles. The first-order chi connectivity index (χ1) is 19.5. The third-order valence-electron chi connectivity index (χ3n) is 7.49. The molecule has 0 N–H and O–H groups in total. The van der Waals surface area contributed by atoms with Crippen LogP contribution in [0.25, 0.3) is 16.8 Å². The second-order valence-corrected chi connectivity index (χ2v) is 10.9. The monoisotopic (exact) mass is 557 g/mol. The van der Waals surface area contributed by atoms with Crippen LogP contribution in [0.1, 0.15) is 50.5 Å². The third kappa shape index (κ3) is 4.54. The van der Waals surface area contributed by atoms with E-state index in [1.54, 1.807) is 31.6 Å². The fourth-order valence-corrected chi connectivity index (χ4v) is 6.66. The van der Waals surface area contributed by atoms with Gasteiger partial charge in [0.05, 0.1) is 29.5 Å². The number of carbonyl (C=O) groups is 1. The van der Waals surface area contributed by atoms with Gasteiger partial charge in [-0.2, -0.15) is 0 Å². The Hall–Kier alpha value is -4.11. The zero-order valence-electron chi connectivity index (χ0n) is 22.8. The first-order valence-electron chi connectivity index (χ1n) is 13.6. The highest BCUT2D eigenvalue weighted by Gasteiger charge is 2.36. The van der Waals surface area contributed by atoms with E-state index in [1.807, 2.05) is 48.5 Å². The number of furan rings is 1. The summed E-state index contributed by atoms with van der Waals surface area (Å²) in [4.78, 5) is 34.9. The summed E-state index contributed by atoms with van der Waals surface area (Å²) < 4.78 is 19.5. The van der Waals surface area contributed by atoms with Crippen molar-refractivity contribution in [1.82, 2.24) is 4.57 Å². The molecule has 2 aromatic carbocycles. The van der Waals surface area contributed by atoms with Crippen molar-refractivity contribution in [1.29, 1.82) is 0 Å². The first-order valence-corrected chi connectivity index (χ1v) is 14.4. The number of methoxy groups -OCH3 is 1. The minimum Gasteiger partial charge on any atom is -0.496 e. The molecule has 206 valence electrons. The van der Waals surface area contributed by atoms with Crippen molar-refractivity contribution in [3.63, 3.8) is 0 Å². The second-order valence-electron chi connectivity index (χ2n) is 9.93. The largest absolute Gasteiger partial charge is 0.496 e. The van der Waals surface area contributed by atoms with Gasteiger partial charge in [0.2, 0.25) is 0 Å². The van der Waals surface area contributed by atoms with E-state index in [0.29, 0.717) is 32.1 Å². The molecule has 0 unspecified atom stereocenters. The maximum absolute atomic E-state index is 14.1. The Morgan fingerprint density at radius 1 is 1.12 bits per heavy atom. The van der Waals surface area contributed by atoms with E-state index in [4.69, 9.17) is 18.9 Å². The summed E-state index contributed by atoms with van der Waals surface area (Å²) >= 11 is 1.28. The molecule has 40 heavy (non-hydrogen) atoms. The minimum atomic E-state index is -0.779. The molecule has 0 spiro atoms. The molecule has 0 amide bonds. The predicted molar refractivity (Wildman–Crippen MR) is 156 cm³/mol. The van der Waals surface area contributed by atoms with Crippen molar-refractivity contribution >= 4 is 40.0 Å². The number of esters is 1. The van der Waals surface area contributed by atoms with Gasteiger partial charge in [-0.05, 0) is 56.0 Å². The number of hydrogen-bond acceptors (Lipinski definition) is 8. The molecule has 4 heterocycles. The number of aromatic nitrogens is 1. The van der Waals surface area contributed by atoms with Crippen molar-refractivity contribution < 1.29 is 18.7 Å². The van der Waals surface area contributed by atoms with E-state index < -0.39 is 12.0 Å². The number of fused-ring (bicyclic) bond motifs is 2. The van der Waals surface area contributed by atoms with Crippen LogP contribution < -0.4 is 24.5 Å². The Kier molecular flexibility index (Phi) is 7.06. The van der Waals surface area contributed by atoms with E-state index in [0.717, 1.165) is 48.2 Å². The third-order valence-corrected chi connectivity index (χ3v) is 8.48. The van der Waals surface area contributed by atoms with Crippen molar-refractivity contribution in [3.05, 3.63) is 90.8 Å². The molecular formula is C31H31N3O5S. The van der Waals surface area contributed by atoms with Gasteiger partial charge in [-0.3, -0.25) is 9.36 Å². The molecule has 0 bridgehead atoms. The number of allylic oxidation sites excluding steroid dienone is 1. The number of rotatable bonds is 6. The van der Waals surface area contributed by atoms with Gasteiger partial charge < -0.3 is 18.8 Å². The molecule has 1 saturated heterocycles. The topological polar surface area (TPSA) is 86.3 Å².